The Bertz CT molecular complexity index is 1090. The van der Waals surface area contributed by atoms with Gasteiger partial charge in [-0.15, -0.1) is 0 Å². The van der Waals surface area contributed by atoms with Gasteiger partial charge in [-0.05, 0) is 18.2 Å². The smallest absolute Gasteiger partial charge is 0.341 e. The summed E-state index contributed by atoms with van der Waals surface area (Å²) in [5, 5.41) is 2.20. The molecule has 1 aromatic carbocycles. The molecule has 8 nitrogen and oxygen atoms in total. The molecule has 0 atom stereocenters. The molecule has 0 unspecified atom stereocenters. The van der Waals surface area contributed by atoms with E-state index in [-0.39, 0.29) is 11.3 Å². The number of benzene rings is 1. The first kappa shape index (κ1) is 21.2. The number of hydrogen-bond donors (Lipinski definition) is 1. The molecule has 0 saturated carbocycles. The Morgan fingerprint density at radius 1 is 1.18 bits per heavy atom. The van der Waals surface area contributed by atoms with Gasteiger partial charge < -0.3 is 14.8 Å². The van der Waals surface area contributed by atoms with Crippen molar-refractivity contribution in [3.63, 3.8) is 0 Å². The number of hydrogen-bond acceptors (Lipinski definition) is 5. The molecule has 0 spiro atoms. The van der Waals surface area contributed by atoms with Gasteiger partial charge in [-0.3, -0.25) is 14.4 Å². The Morgan fingerprint density at radius 2 is 1.79 bits per heavy atom. The number of nitrogens with one attached hydrogen (secondary N) is 1. The summed E-state index contributed by atoms with van der Waals surface area (Å²) in [7, 11) is -0.679. The summed E-state index contributed by atoms with van der Waals surface area (Å²) in [6, 6.07) is 5.54. The number of nitrogens with zero attached hydrogens (tertiary/aromatic N) is 2. The standard InChI is InChI=1S/C17H17F2N3O5S/c1-21(2)15(24)10-8-12(16(25)22(3)9-10)20-14(23)11-6-4-5-7-13(11)28(26,27)17(18)19/h4-9,17H,1-3H3,(H,20,23). The molecule has 0 bridgehead atoms. The topological polar surface area (TPSA) is 106 Å². The molecule has 0 aliphatic heterocycles. The molecule has 0 aliphatic rings. The molecule has 28 heavy (non-hydrogen) atoms. The SMILES string of the molecule is CN(C)C(=O)c1cc(NC(=O)c2ccccc2S(=O)(=O)C(F)F)c(=O)n(C)c1. The summed E-state index contributed by atoms with van der Waals surface area (Å²) in [6.07, 6.45) is 1.27. The number of carbonyl (C=O) groups excluding carboxylic acids is 2. The average Bonchev–Trinajstić information content (AvgIpc) is 2.64. The summed E-state index contributed by atoms with van der Waals surface area (Å²) in [6.45, 7) is 0. The third-order valence-corrected chi connectivity index (χ3v) is 5.20. The lowest BCUT2D eigenvalue weighted by Crippen LogP contribution is -2.29. The highest BCUT2D eigenvalue weighted by Crippen LogP contribution is 2.23. The molecule has 0 radical (unpaired) electrons. The number of pyridine rings is 1. The minimum absolute atomic E-state index is 0.0934. The van der Waals surface area contributed by atoms with Crippen molar-refractivity contribution in [3.8, 4) is 0 Å². The maximum atomic E-state index is 12.9. The van der Waals surface area contributed by atoms with Gasteiger partial charge in [0.2, 0.25) is 9.84 Å². The largest absolute Gasteiger partial charge is 0.345 e. The van der Waals surface area contributed by atoms with E-state index in [2.05, 4.69) is 5.32 Å². The van der Waals surface area contributed by atoms with Crippen LogP contribution in [0.2, 0.25) is 0 Å². The zero-order valence-electron chi connectivity index (χ0n) is 15.1. The van der Waals surface area contributed by atoms with Crippen LogP contribution in [0.1, 0.15) is 20.7 Å². The molecule has 1 aromatic heterocycles. The van der Waals surface area contributed by atoms with Crippen LogP contribution in [0, 0.1) is 0 Å². The molecular weight excluding hydrogens is 396 g/mol. The predicted octanol–water partition coefficient (Wildman–Crippen LogP) is 1.34. The highest BCUT2D eigenvalue weighted by atomic mass is 32.2. The highest BCUT2D eigenvalue weighted by Gasteiger charge is 2.31. The highest BCUT2D eigenvalue weighted by molar-refractivity contribution is 7.91. The summed E-state index contributed by atoms with van der Waals surface area (Å²) in [4.78, 5) is 37.3. The van der Waals surface area contributed by atoms with Crippen molar-refractivity contribution in [2.24, 2.45) is 7.05 Å². The quantitative estimate of drug-likeness (QED) is 0.796. The van der Waals surface area contributed by atoms with Crippen molar-refractivity contribution in [3.05, 3.63) is 58.0 Å². The lowest BCUT2D eigenvalue weighted by Gasteiger charge is -2.14. The van der Waals surface area contributed by atoms with E-state index in [1.807, 2.05) is 0 Å². The number of aryl methyl sites for hydroxylation is 1. The van der Waals surface area contributed by atoms with Crippen molar-refractivity contribution in [2.75, 3.05) is 19.4 Å². The summed E-state index contributed by atoms with van der Waals surface area (Å²) in [5.74, 6) is -5.23. The van der Waals surface area contributed by atoms with Gasteiger partial charge in [0.1, 0.15) is 5.69 Å². The molecule has 2 aromatic rings. The van der Waals surface area contributed by atoms with Crippen LogP contribution in [0.5, 0.6) is 0 Å². The van der Waals surface area contributed by atoms with Crippen molar-refractivity contribution in [1.82, 2.24) is 9.47 Å². The second kappa shape index (κ2) is 7.89. The molecule has 150 valence electrons. The number of alkyl halides is 2. The molecule has 0 saturated heterocycles. The van der Waals surface area contributed by atoms with E-state index in [0.29, 0.717) is 0 Å². The minimum Gasteiger partial charge on any atom is -0.345 e. The minimum atomic E-state index is -5.03. The van der Waals surface area contributed by atoms with Gasteiger partial charge in [0.15, 0.2) is 0 Å². The van der Waals surface area contributed by atoms with Crippen LogP contribution >= 0.6 is 0 Å². The first-order valence-corrected chi connectivity index (χ1v) is 9.36. The van der Waals surface area contributed by atoms with E-state index in [4.69, 9.17) is 0 Å². The molecule has 11 heteroatoms. The lowest BCUT2D eigenvalue weighted by molar-refractivity contribution is 0.0826. The molecule has 1 N–H and O–H groups in total. The molecule has 2 rings (SSSR count). The molecule has 1 heterocycles. The Kier molecular flexibility index (Phi) is 5.98. The maximum Gasteiger partial charge on any atom is 0.341 e. The van der Waals surface area contributed by atoms with Gasteiger partial charge in [-0.25, -0.2) is 8.42 Å². The van der Waals surface area contributed by atoms with Crippen LogP contribution in [0.4, 0.5) is 14.5 Å². The van der Waals surface area contributed by atoms with Crippen LogP contribution in [0.25, 0.3) is 0 Å². The average molecular weight is 413 g/mol. The monoisotopic (exact) mass is 413 g/mol. The summed E-state index contributed by atoms with van der Waals surface area (Å²) < 4.78 is 50.4. The zero-order chi connectivity index (χ0) is 21.2. The van der Waals surface area contributed by atoms with Crippen LogP contribution in [-0.2, 0) is 16.9 Å². The third-order valence-electron chi connectivity index (χ3n) is 3.76. The Labute approximate surface area is 159 Å². The molecule has 0 fully saturated rings. The van der Waals surface area contributed by atoms with E-state index >= 15 is 0 Å². The number of aromatic nitrogens is 1. The second-order valence-corrected chi connectivity index (χ2v) is 7.90. The number of amides is 2. The zero-order valence-corrected chi connectivity index (χ0v) is 16.0. The Hall–Kier alpha value is -3.08. The Balaban J connectivity index is 2.50. The fourth-order valence-electron chi connectivity index (χ4n) is 2.36. The van der Waals surface area contributed by atoms with Gasteiger partial charge in [0.25, 0.3) is 17.4 Å². The van der Waals surface area contributed by atoms with E-state index in [0.717, 1.165) is 22.8 Å². The van der Waals surface area contributed by atoms with Crippen LogP contribution in [0.3, 0.4) is 0 Å². The van der Waals surface area contributed by atoms with Crippen molar-refractivity contribution < 1.29 is 26.8 Å². The van der Waals surface area contributed by atoms with Crippen molar-refractivity contribution in [1.29, 1.82) is 0 Å². The maximum absolute atomic E-state index is 12.9. The Morgan fingerprint density at radius 3 is 2.36 bits per heavy atom. The number of carbonyl (C=O) groups is 2. The fourth-order valence-corrected chi connectivity index (χ4v) is 3.29. The number of sulfone groups is 1. The van der Waals surface area contributed by atoms with Gasteiger partial charge in [0, 0.05) is 27.3 Å². The van der Waals surface area contributed by atoms with E-state index in [9.17, 15) is 31.6 Å². The van der Waals surface area contributed by atoms with Crippen molar-refractivity contribution >= 4 is 27.3 Å². The fraction of sp³-hybridized carbons (Fsp3) is 0.235. The van der Waals surface area contributed by atoms with Crippen LogP contribution < -0.4 is 10.9 Å². The summed E-state index contributed by atoms with van der Waals surface area (Å²) in [5.41, 5.74) is -1.42. The van der Waals surface area contributed by atoms with Crippen LogP contribution in [-0.4, -0.2) is 49.6 Å². The van der Waals surface area contributed by atoms with E-state index in [1.165, 1.54) is 44.4 Å². The summed E-state index contributed by atoms with van der Waals surface area (Å²) >= 11 is 0. The second-order valence-electron chi connectivity index (χ2n) is 6.01. The van der Waals surface area contributed by atoms with Crippen LogP contribution in [0.15, 0.2) is 46.2 Å². The number of rotatable bonds is 5. The third kappa shape index (κ3) is 4.09. The lowest BCUT2D eigenvalue weighted by atomic mass is 10.2. The predicted molar refractivity (Wildman–Crippen MR) is 97.3 cm³/mol. The first-order chi connectivity index (χ1) is 13.0. The van der Waals surface area contributed by atoms with Gasteiger partial charge in [-0.1, -0.05) is 12.1 Å². The van der Waals surface area contributed by atoms with Gasteiger partial charge in [0.05, 0.1) is 16.0 Å². The van der Waals surface area contributed by atoms with Gasteiger partial charge in [-0.2, -0.15) is 8.78 Å². The van der Waals surface area contributed by atoms with Gasteiger partial charge >= 0.3 is 5.76 Å². The number of halogens is 2. The molecular formula is C17H17F2N3O5S. The van der Waals surface area contributed by atoms with E-state index in [1.54, 1.807) is 0 Å². The molecule has 2 amide bonds. The first-order valence-electron chi connectivity index (χ1n) is 7.81. The normalized spacial score (nSPS) is 11.4. The van der Waals surface area contributed by atoms with Crippen molar-refractivity contribution in [2.45, 2.75) is 10.7 Å². The number of anilines is 1. The van der Waals surface area contributed by atoms with E-state index < -0.39 is 43.4 Å². The molecule has 0 aliphatic carbocycles.